The lowest BCUT2D eigenvalue weighted by molar-refractivity contribution is 0.0696. The number of nitrogens with zero attached hydrogens (tertiary/aromatic N) is 5. The molecule has 10 heteroatoms. The Morgan fingerprint density at radius 2 is 1.70 bits per heavy atom. The maximum atomic E-state index is 13.5. The lowest BCUT2D eigenvalue weighted by Gasteiger charge is -2.39. The number of imide groups is 1. The molecule has 4 amide bonds. The van der Waals surface area contributed by atoms with Crippen molar-refractivity contribution in [2.75, 3.05) is 33.7 Å². The molecule has 0 spiro atoms. The number of carboxylic acids is 1. The van der Waals surface area contributed by atoms with E-state index in [0.29, 0.717) is 6.54 Å². The van der Waals surface area contributed by atoms with Crippen LogP contribution in [0.25, 0.3) is 0 Å². The number of aromatic nitrogens is 1. The first-order valence-electron chi connectivity index (χ1n) is 13.3. The highest BCUT2D eigenvalue weighted by atomic mass is 32.2. The molecule has 1 aromatic heterocycles. The Morgan fingerprint density at radius 1 is 1.00 bits per heavy atom. The molecule has 0 unspecified atom stereocenters. The van der Waals surface area contributed by atoms with E-state index < -0.39 is 5.97 Å². The van der Waals surface area contributed by atoms with E-state index in [1.165, 1.54) is 21.6 Å². The van der Waals surface area contributed by atoms with E-state index in [9.17, 15) is 14.4 Å². The summed E-state index contributed by atoms with van der Waals surface area (Å²) in [7, 11) is 3.35. The number of amides is 4. The first-order valence-corrected chi connectivity index (χ1v) is 14.2. The molecule has 5 rings (SSSR count). The number of likely N-dealkylation sites (tertiary alicyclic amines) is 1. The SMILES string of the molecule is CN(C)C(=O)N1C[C@@H](c2ccccc2)N(C2CCN(Cc3ccc(Sc4ccc(C(=O)O)cc4)nc3)CC2)C1=O. The third-order valence-corrected chi connectivity index (χ3v) is 8.38. The van der Waals surface area contributed by atoms with Gasteiger partial charge in [-0.1, -0.05) is 48.2 Å². The van der Waals surface area contributed by atoms with Crippen molar-refractivity contribution in [3.63, 3.8) is 0 Å². The third-order valence-electron chi connectivity index (χ3n) is 7.42. The summed E-state index contributed by atoms with van der Waals surface area (Å²) < 4.78 is 0. The molecule has 208 valence electrons. The highest BCUT2D eigenvalue weighted by Crippen LogP contribution is 2.35. The molecule has 0 aliphatic carbocycles. The number of aromatic carboxylic acids is 1. The highest BCUT2D eigenvalue weighted by Gasteiger charge is 2.45. The molecule has 40 heavy (non-hydrogen) atoms. The molecule has 2 aliphatic heterocycles. The van der Waals surface area contributed by atoms with Crippen LogP contribution in [0.15, 0.2) is 82.8 Å². The van der Waals surface area contributed by atoms with Gasteiger partial charge in [-0.25, -0.2) is 24.3 Å². The van der Waals surface area contributed by atoms with Crippen LogP contribution in [-0.2, 0) is 6.54 Å². The first-order chi connectivity index (χ1) is 19.3. The van der Waals surface area contributed by atoms with Gasteiger partial charge in [0.2, 0.25) is 0 Å². The number of urea groups is 2. The van der Waals surface area contributed by atoms with Crippen LogP contribution in [0.3, 0.4) is 0 Å². The predicted molar refractivity (Wildman–Crippen MR) is 152 cm³/mol. The van der Waals surface area contributed by atoms with Crippen LogP contribution in [0.4, 0.5) is 9.59 Å². The van der Waals surface area contributed by atoms with E-state index >= 15 is 0 Å². The maximum absolute atomic E-state index is 13.5. The topological polar surface area (TPSA) is 97.3 Å². The lowest BCUT2D eigenvalue weighted by atomic mass is 9.99. The minimum Gasteiger partial charge on any atom is -0.478 e. The molecule has 2 fully saturated rings. The zero-order valence-corrected chi connectivity index (χ0v) is 23.5. The summed E-state index contributed by atoms with van der Waals surface area (Å²) in [5.74, 6) is -0.937. The van der Waals surface area contributed by atoms with Gasteiger partial charge < -0.3 is 14.9 Å². The largest absolute Gasteiger partial charge is 0.478 e. The van der Waals surface area contributed by atoms with Crippen molar-refractivity contribution in [3.8, 4) is 0 Å². The fourth-order valence-electron chi connectivity index (χ4n) is 5.33. The van der Waals surface area contributed by atoms with Gasteiger partial charge in [0.05, 0.1) is 18.2 Å². The molecule has 0 bridgehead atoms. The summed E-state index contributed by atoms with van der Waals surface area (Å²) in [4.78, 5) is 49.9. The van der Waals surface area contributed by atoms with Crippen molar-refractivity contribution in [1.29, 1.82) is 0 Å². The van der Waals surface area contributed by atoms with E-state index in [1.54, 1.807) is 38.4 Å². The van der Waals surface area contributed by atoms with E-state index in [1.807, 2.05) is 47.5 Å². The summed E-state index contributed by atoms with van der Waals surface area (Å²) in [5, 5.41) is 9.91. The van der Waals surface area contributed by atoms with Crippen molar-refractivity contribution in [1.82, 2.24) is 24.6 Å². The monoisotopic (exact) mass is 559 g/mol. The fourth-order valence-corrected chi connectivity index (χ4v) is 6.08. The second kappa shape index (κ2) is 12.1. The molecule has 3 aromatic rings. The van der Waals surface area contributed by atoms with Gasteiger partial charge in [-0.15, -0.1) is 0 Å². The predicted octanol–water partition coefficient (Wildman–Crippen LogP) is 5.06. The minimum atomic E-state index is -0.937. The molecule has 3 heterocycles. The molecular formula is C30H33N5O4S. The summed E-state index contributed by atoms with van der Waals surface area (Å²) in [6.45, 7) is 2.84. The minimum absolute atomic E-state index is 0.0679. The number of hydrogen-bond acceptors (Lipinski definition) is 6. The van der Waals surface area contributed by atoms with Crippen molar-refractivity contribution < 1.29 is 19.5 Å². The molecule has 0 saturated carbocycles. The second-order valence-corrected chi connectivity index (χ2v) is 11.4. The molecule has 2 saturated heterocycles. The normalized spacial score (nSPS) is 18.2. The van der Waals surface area contributed by atoms with Crippen LogP contribution in [-0.4, -0.2) is 87.5 Å². The summed E-state index contributed by atoms with van der Waals surface area (Å²) in [6, 6.07) is 20.2. The van der Waals surface area contributed by atoms with Gasteiger partial charge in [0.25, 0.3) is 0 Å². The second-order valence-electron chi connectivity index (χ2n) is 10.3. The Bertz CT molecular complexity index is 1340. The van der Waals surface area contributed by atoms with Crippen molar-refractivity contribution in [2.45, 2.75) is 41.4 Å². The van der Waals surface area contributed by atoms with E-state index in [2.05, 4.69) is 16.0 Å². The Kier molecular flexibility index (Phi) is 8.37. The zero-order valence-electron chi connectivity index (χ0n) is 22.6. The average Bonchev–Trinajstić information content (AvgIpc) is 3.31. The van der Waals surface area contributed by atoms with Crippen LogP contribution in [0.5, 0.6) is 0 Å². The van der Waals surface area contributed by atoms with E-state index in [0.717, 1.165) is 53.5 Å². The number of piperidine rings is 1. The molecule has 0 radical (unpaired) electrons. The molecule has 2 aliphatic rings. The third kappa shape index (κ3) is 6.13. The molecule has 9 nitrogen and oxygen atoms in total. The van der Waals surface area contributed by atoms with E-state index in [4.69, 9.17) is 5.11 Å². The number of benzene rings is 2. The number of carbonyl (C=O) groups is 3. The van der Waals surface area contributed by atoms with Crippen LogP contribution in [0, 0.1) is 0 Å². The maximum Gasteiger partial charge on any atom is 0.335 e. The number of carbonyl (C=O) groups excluding carboxylic acids is 2. The molecule has 1 N–H and O–H groups in total. The van der Waals surface area contributed by atoms with Crippen molar-refractivity contribution in [2.24, 2.45) is 0 Å². The quantitative estimate of drug-likeness (QED) is 0.432. The zero-order chi connectivity index (χ0) is 28.2. The number of pyridine rings is 1. The van der Waals surface area contributed by atoms with Gasteiger partial charge >= 0.3 is 18.0 Å². The Labute approximate surface area is 238 Å². The smallest absolute Gasteiger partial charge is 0.335 e. The van der Waals surface area contributed by atoms with Gasteiger partial charge in [-0.2, -0.15) is 0 Å². The Balaban J connectivity index is 1.19. The standard InChI is InChI=1S/C30H33N5O4S/c1-32(2)29(38)34-20-26(22-6-4-3-5-7-22)35(30(34)39)24-14-16-33(17-15-24)19-21-8-13-27(31-18-21)40-25-11-9-23(10-12-25)28(36)37/h3-13,18,24,26H,14-17,19-20H2,1-2H3,(H,36,37)/t26-/m0/s1. The Morgan fingerprint density at radius 3 is 2.30 bits per heavy atom. The van der Waals surface area contributed by atoms with Gasteiger partial charge in [0.1, 0.15) is 5.03 Å². The Hall–Kier alpha value is -3.89. The van der Waals surface area contributed by atoms with Crippen LogP contribution in [0.1, 0.15) is 40.4 Å². The number of rotatable bonds is 7. The van der Waals surface area contributed by atoms with Crippen LogP contribution < -0.4 is 0 Å². The highest BCUT2D eigenvalue weighted by molar-refractivity contribution is 7.99. The van der Waals surface area contributed by atoms with Gasteiger partial charge in [0.15, 0.2) is 0 Å². The molecule has 2 aromatic carbocycles. The lowest BCUT2D eigenvalue weighted by Crippen LogP contribution is -2.48. The van der Waals surface area contributed by atoms with Crippen molar-refractivity contribution in [3.05, 3.63) is 89.6 Å². The summed E-state index contributed by atoms with van der Waals surface area (Å²) in [6.07, 6.45) is 3.57. The number of carboxylic acid groups (broad SMARTS) is 1. The van der Waals surface area contributed by atoms with Crippen LogP contribution >= 0.6 is 11.8 Å². The summed E-state index contributed by atoms with van der Waals surface area (Å²) in [5.41, 5.74) is 2.43. The number of hydrogen-bond donors (Lipinski definition) is 1. The molecule has 1 atom stereocenters. The van der Waals surface area contributed by atoms with Crippen molar-refractivity contribution >= 4 is 29.8 Å². The summed E-state index contributed by atoms with van der Waals surface area (Å²) >= 11 is 1.49. The van der Waals surface area contributed by atoms with Gasteiger partial charge in [0, 0.05) is 50.9 Å². The average molecular weight is 560 g/mol. The van der Waals surface area contributed by atoms with Gasteiger partial charge in [-0.05, 0) is 54.3 Å². The van der Waals surface area contributed by atoms with Crippen LogP contribution in [0.2, 0.25) is 0 Å². The first kappa shape index (κ1) is 27.7. The van der Waals surface area contributed by atoms with Gasteiger partial charge in [-0.3, -0.25) is 4.90 Å². The fraction of sp³-hybridized carbons (Fsp3) is 0.333. The van der Waals surface area contributed by atoms with E-state index in [-0.39, 0.29) is 29.7 Å². The molecular weight excluding hydrogens is 526 g/mol.